The van der Waals surface area contributed by atoms with Gasteiger partial charge in [-0.2, -0.15) is 4.98 Å². The molecule has 6 heteroatoms. The largest absolute Gasteiger partial charge is 0.478 e. The average Bonchev–Trinajstić information content (AvgIpc) is 3.15. The van der Waals surface area contributed by atoms with Crippen molar-refractivity contribution in [1.82, 2.24) is 10.1 Å². The summed E-state index contributed by atoms with van der Waals surface area (Å²) < 4.78 is 5.31. The summed E-state index contributed by atoms with van der Waals surface area (Å²) in [5.41, 5.74) is 1.98. The fourth-order valence-corrected chi connectivity index (χ4v) is 2.94. The Kier molecular flexibility index (Phi) is 3.53. The Morgan fingerprint density at radius 1 is 1.38 bits per heavy atom. The molecule has 0 unspecified atom stereocenters. The first-order chi connectivity index (χ1) is 10.2. The van der Waals surface area contributed by atoms with Gasteiger partial charge in [0.25, 0.3) is 5.89 Å². The number of carbonyl (C=O) groups is 1. The minimum absolute atomic E-state index is 0.198. The van der Waals surface area contributed by atoms with Gasteiger partial charge in [0.1, 0.15) is 0 Å². The molecule has 1 aromatic carbocycles. The Labute approximate surface area is 124 Å². The van der Waals surface area contributed by atoms with Crippen molar-refractivity contribution in [1.29, 1.82) is 0 Å². The molecule has 0 aliphatic heterocycles. The first kappa shape index (κ1) is 13.5. The van der Waals surface area contributed by atoms with E-state index in [1.807, 2.05) is 11.4 Å². The molecule has 0 saturated heterocycles. The van der Waals surface area contributed by atoms with Gasteiger partial charge in [0, 0.05) is 5.56 Å². The van der Waals surface area contributed by atoms with Crippen LogP contribution in [0.15, 0.2) is 40.2 Å². The average molecular weight is 300 g/mol. The van der Waals surface area contributed by atoms with Crippen LogP contribution < -0.4 is 0 Å². The van der Waals surface area contributed by atoms with E-state index in [0.717, 1.165) is 16.9 Å². The number of aromatic nitrogens is 2. The van der Waals surface area contributed by atoms with Crippen molar-refractivity contribution in [3.63, 3.8) is 0 Å². The van der Waals surface area contributed by atoms with E-state index in [1.165, 1.54) is 12.1 Å². The zero-order valence-electron chi connectivity index (χ0n) is 11.2. The summed E-state index contributed by atoms with van der Waals surface area (Å²) >= 11 is 1.55. The molecule has 1 N–H and O–H groups in total. The van der Waals surface area contributed by atoms with Crippen molar-refractivity contribution in [2.24, 2.45) is 0 Å². The number of rotatable bonds is 4. The van der Waals surface area contributed by atoms with E-state index in [0.29, 0.717) is 17.3 Å². The molecule has 106 valence electrons. The molecule has 0 amide bonds. The van der Waals surface area contributed by atoms with E-state index < -0.39 is 5.97 Å². The molecule has 5 nitrogen and oxygen atoms in total. The molecule has 3 aromatic rings. The summed E-state index contributed by atoms with van der Waals surface area (Å²) in [5.74, 6) is -0.117. The van der Waals surface area contributed by atoms with Gasteiger partial charge < -0.3 is 9.63 Å². The molecule has 0 fully saturated rings. The fraction of sp³-hybridized carbons (Fsp3) is 0.133. The van der Waals surface area contributed by atoms with Gasteiger partial charge in [-0.1, -0.05) is 24.2 Å². The van der Waals surface area contributed by atoms with Crippen molar-refractivity contribution in [3.8, 4) is 22.2 Å². The van der Waals surface area contributed by atoms with E-state index in [2.05, 4.69) is 17.1 Å². The molecule has 0 bridgehead atoms. The van der Waals surface area contributed by atoms with Crippen LogP contribution in [0.25, 0.3) is 22.2 Å². The molecule has 0 aliphatic carbocycles. The number of hydrogen-bond donors (Lipinski definition) is 1. The lowest BCUT2D eigenvalue weighted by Gasteiger charge is -1.97. The maximum Gasteiger partial charge on any atom is 0.335 e. The lowest BCUT2D eigenvalue weighted by atomic mass is 10.1. The molecule has 0 atom stereocenters. The predicted octanol–water partition coefficient (Wildman–Crippen LogP) is 3.73. The SMILES string of the molecule is CCc1ccsc1-c1nc(-c2cccc(C(=O)O)c2)no1. The van der Waals surface area contributed by atoms with E-state index in [9.17, 15) is 4.79 Å². The second-order valence-electron chi connectivity index (χ2n) is 4.44. The van der Waals surface area contributed by atoms with Crippen LogP contribution in [0, 0.1) is 0 Å². The highest BCUT2D eigenvalue weighted by atomic mass is 32.1. The second kappa shape index (κ2) is 5.49. The standard InChI is InChI=1S/C15H12N2O3S/c1-2-9-6-7-21-12(9)14-16-13(17-20-14)10-4-3-5-11(8-10)15(18)19/h3-8H,2H2,1H3,(H,18,19). The summed E-state index contributed by atoms with van der Waals surface area (Å²) in [5, 5.41) is 15.0. The summed E-state index contributed by atoms with van der Waals surface area (Å²) in [7, 11) is 0. The number of nitrogens with zero attached hydrogens (tertiary/aromatic N) is 2. The Hall–Kier alpha value is -2.47. The highest BCUT2D eigenvalue weighted by Crippen LogP contribution is 2.30. The van der Waals surface area contributed by atoms with E-state index in [1.54, 1.807) is 23.5 Å². The van der Waals surface area contributed by atoms with Gasteiger partial charge in [0.15, 0.2) is 0 Å². The van der Waals surface area contributed by atoms with Crippen molar-refractivity contribution >= 4 is 17.3 Å². The molecule has 0 spiro atoms. The Bertz CT molecular complexity index is 792. The van der Waals surface area contributed by atoms with E-state index >= 15 is 0 Å². The number of aryl methyl sites for hydroxylation is 1. The summed E-state index contributed by atoms with van der Waals surface area (Å²) in [6.07, 6.45) is 0.894. The number of thiophene rings is 1. The van der Waals surface area contributed by atoms with Gasteiger partial charge in [0.2, 0.25) is 5.82 Å². The van der Waals surface area contributed by atoms with Crippen LogP contribution in [0.5, 0.6) is 0 Å². The highest BCUT2D eigenvalue weighted by molar-refractivity contribution is 7.13. The molecule has 21 heavy (non-hydrogen) atoms. The highest BCUT2D eigenvalue weighted by Gasteiger charge is 2.15. The zero-order chi connectivity index (χ0) is 14.8. The van der Waals surface area contributed by atoms with Gasteiger partial charge in [-0.05, 0) is 35.6 Å². The molecule has 0 radical (unpaired) electrons. The number of hydrogen-bond acceptors (Lipinski definition) is 5. The van der Waals surface area contributed by atoms with Crippen LogP contribution in [-0.4, -0.2) is 21.2 Å². The minimum Gasteiger partial charge on any atom is -0.478 e. The van der Waals surface area contributed by atoms with Gasteiger partial charge in [-0.25, -0.2) is 4.79 Å². The van der Waals surface area contributed by atoms with Crippen molar-refractivity contribution in [2.45, 2.75) is 13.3 Å². The summed E-state index contributed by atoms with van der Waals surface area (Å²) in [4.78, 5) is 16.3. The Morgan fingerprint density at radius 3 is 3.00 bits per heavy atom. The molecule has 3 rings (SSSR count). The lowest BCUT2D eigenvalue weighted by molar-refractivity contribution is 0.0697. The minimum atomic E-state index is -0.980. The van der Waals surface area contributed by atoms with E-state index in [-0.39, 0.29) is 5.56 Å². The number of carboxylic acids is 1. The third-order valence-corrected chi connectivity index (χ3v) is 4.06. The fourth-order valence-electron chi connectivity index (χ4n) is 2.03. The van der Waals surface area contributed by atoms with Gasteiger partial charge >= 0.3 is 5.97 Å². The lowest BCUT2D eigenvalue weighted by Crippen LogP contribution is -1.96. The normalized spacial score (nSPS) is 10.7. The Morgan fingerprint density at radius 2 is 2.24 bits per heavy atom. The van der Waals surface area contributed by atoms with Crippen LogP contribution in [0.3, 0.4) is 0 Å². The van der Waals surface area contributed by atoms with E-state index in [4.69, 9.17) is 9.63 Å². The molecule has 0 saturated carbocycles. The van der Waals surface area contributed by atoms with Crippen molar-refractivity contribution in [3.05, 3.63) is 46.8 Å². The topological polar surface area (TPSA) is 76.2 Å². The van der Waals surface area contributed by atoms with Crippen LogP contribution in [0.1, 0.15) is 22.8 Å². The third kappa shape index (κ3) is 2.57. The molecule has 2 aromatic heterocycles. The van der Waals surface area contributed by atoms with Crippen LogP contribution in [-0.2, 0) is 6.42 Å². The predicted molar refractivity (Wildman–Crippen MR) is 79.4 cm³/mol. The first-order valence-electron chi connectivity index (χ1n) is 6.43. The monoisotopic (exact) mass is 300 g/mol. The molecular weight excluding hydrogens is 288 g/mol. The summed E-state index contributed by atoms with van der Waals surface area (Å²) in [6, 6.07) is 8.52. The molecule has 0 aliphatic rings. The zero-order valence-corrected chi connectivity index (χ0v) is 12.1. The molecular formula is C15H12N2O3S. The number of aromatic carboxylic acids is 1. The van der Waals surface area contributed by atoms with Crippen molar-refractivity contribution < 1.29 is 14.4 Å². The summed E-state index contributed by atoms with van der Waals surface area (Å²) in [6.45, 7) is 2.07. The van der Waals surface area contributed by atoms with Crippen LogP contribution in [0.4, 0.5) is 0 Å². The van der Waals surface area contributed by atoms with Crippen molar-refractivity contribution in [2.75, 3.05) is 0 Å². The third-order valence-electron chi connectivity index (χ3n) is 3.12. The molecule has 2 heterocycles. The van der Waals surface area contributed by atoms with Gasteiger partial charge in [0.05, 0.1) is 10.4 Å². The maximum absolute atomic E-state index is 11.0. The second-order valence-corrected chi connectivity index (χ2v) is 5.35. The number of benzene rings is 1. The van der Waals surface area contributed by atoms with Gasteiger partial charge in [-0.3, -0.25) is 0 Å². The maximum atomic E-state index is 11.0. The smallest absolute Gasteiger partial charge is 0.335 e. The first-order valence-corrected chi connectivity index (χ1v) is 7.31. The number of carboxylic acid groups (broad SMARTS) is 1. The van der Waals surface area contributed by atoms with Gasteiger partial charge in [-0.15, -0.1) is 11.3 Å². The van der Waals surface area contributed by atoms with Crippen LogP contribution in [0.2, 0.25) is 0 Å². The quantitative estimate of drug-likeness (QED) is 0.794. The van der Waals surface area contributed by atoms with Crippen LogP contribution >= 0.6 is 11.3 Å². The Balaban J connectivity index is 1.99.